The van der Waals surface area contributed by atoms with Crippen LogP contribution in [0.15, 0.2) is 0 Å². The standard InChI is InChI=1S/C8H14N2O3/c1-5(11)3-4-6-8(2,13)10-7(12)9-6/h6,13H,3-4H2,1-2H3,(H2,9,10,12). The van der Waals surface area contributed by atoms with Gasteiger partial charge in [0.05, 0.1) is 6.04 Å². The van der Waals surface area contributed by atoms with E-state index in [-0.39, 0.29) is 11.8 Å². The Bertz CT molecular complexity index is 238. The Kier molecular flexibility index (Phi) is 2.56. The van der Waals surface area contributed by atoms with Gasteiger partial charge in [-0.1, -0.05) is 0 Å². The second-order valence-corrected chi connectivity index (χ2v) is 3.54. The zero-order valence-electron chi connectivity index (χ0n) is 7.76. The molecule has 1 rings (SSSR count). The SMILES string of the molecule is CC(=O)CCC1NC(=O)NC1(C)O. The van der Waals surface area contributed by atoms with Crippen molar-refractivity contribution >= 4 is 11.8 Å². The first-order valence-corrected chi connectivity index (χ1v) is 4.22. The lowest BCUT2D eigenvalue weighted by atomic mass is 10.0. The van der Waals surface area contributed by atoms with Crippen molar-refractivity contribution in [1.29, 1.82) is 0 Å². The maximum absolute atomic E-state index is 10.8. The third-order valence-corrected chi connectivity index (χ3v) is 2.14. The van der Waals surface area contributed by atoms with E-state index in [2.05, 4.69) is 10.6 Å². The van der Waals surface area contributed by atoms with Gasteiger partial charge < -0.3 is 20.5 Å². The van der Waals surface area contributed by atoms with Crippen LogP contribution in [-0.2, 0) is 4.79 Å². The Hall–Kier alpha value is -1.10. The third-order valence-electron chi connectivity index (χ3n) is 2.14. The fourth-order valence-corrected chi connectivity index (χ4v) is 1.35. The van der Waals surface area contributed by atoms with E-state index in [1.165, 1.54) is 13.8 Å². The van der Waals surface area contributed by atoms with Gasteiger partial charge in [0.1, 0.15) is 5.78 Å². The van der Waals surface area contributed by atoms with Crippen LogP contribution in [0.2, 0.25) is 0 Å². The van der Waals surface area contributed by atoms with Crippen molar-refractivity contribution in [1.82, 2.24) is 10.6 Å². The topological polar surface area (TPSA) is 78.4 Å². The summed E-state index contributed by atoms with van der Waals surface area (Å²) in [6, 6.07) is -0.776. The molecule has 0 bridgehead atoms. The number of Topliss-reactive ketones (excluding diaryl/α,β-unsaturated/α-hetero) is 1. The van der Waals surface area contributed by atoms with E-state index in [9.17, 15) is 14.7 Å². The van der Waals surface area contributed by atoms with Gasteiger partial charge in [-0.05, 0) is 20.3 Å². The Labute approximate surface area is 76.5 Å². The van der Waals surface area contributed by atoms with Gasteiger partial charge in [-0.3, -0.25) is 0 Å². The zero-order chi connectivity index (χ0) is 10.1. The van der Waals surface area contributed by atoms with Crippen LogP contribution in [0.1, 0.15) is 26.7 Å². The minimum Gasteiger partial charge on any atom is -0.369 e. The van der Waals surface area contributed by atoms with Crippen molar-refractivity contribution < 1.29 is 14.7 Å². The minimum absolute atomic E-state index is 0.0527. The second kappa shape index (κ2) is 3.33. The highest BCUT2D eigenvalue weighted by Gasteiger charge is 2.40. The van der Waals surface area contributed by atoms with Crippen molar-refractivity contribution in [3.63, 3.8) is 0 Å². The zero-order valence-corrected chi connectivity index (χ0v) is 7.76. The molecule has 74 valence electrons. The lowest BCUT2D eigenvalue weighted by Gasteiger charge is -2.23. The fraction of sp³-hybridized carbons (Fsp3) is 0.750. The van der Waals surface area contributed by atoms with Crippen LogP contribution in [0.5, 0.6) is 0 Å². The number of hydrogen-bond donors (Lipinski definition) is 3. The first-order valence-electron chi connectivity index (χ1n) is 4.22. The normalized spacial score (nSPS) is 32.5. The van der Waals surface area contributed by atoms with Gasteiger partial charge in [0.25, 0.3) is 0 Å². The van der Waals surface area contributed by atoms with Gasteiger partial charge in [0.2, 0.25) is 0 Å². The van der Waals surface area contributed by atoms with E-state index in [4.69, 9.17) is 0 Å². The van der Waals surface area contributed by atoms with Crippen LogP contribution in [0.25, 0.3) is 0 Å². The number of carbonyl (C=O) groups excluding carboxylic acids is 2. The summed E-state index contributed by atoms with van der Waals surface area (Å²) in [5.41, 5.74) is -1.24. The van der Waals surface area contributed by atoms with Crippen molar-refractivity contribution in [2.45, 2.75) is 38.5 Å². The predicted molar refractivity (Wildman–Crippen MR) is 46.0 cm³/mol. The van der Waals surface area contributed by atoms with Gasteiger partial charge in [-0.25, -0.2) is 4.79 Å². The third kappa shape index (κ3) is 2.42. The molecule has 1 aliphatic heterocycles. The molecular formula is C8H14N2O3. The molecule has 0 spiro atoms. The fourth-order valence-electron chi connectivity index (χ4n) is 1.35. The molecule has 0 aromatic carbocycles. The van der Waals surface area contributed by atoms with E-state index >= 15 is 0 Å². The molecule has 2 atom stereocenters. The number of carbonyl (C=O) groups is 2. The number of nitrogens with one attached hydrogen (secondary N) is 2. The molecule has 13 heavy (non-hydrogen) atoms. The average molecular weight is 186 g/mol. The number of hydrogen-bond acceptors (Lipinski definition) is 3. The molecule has 0 radical (unpaired) electrons. The van der Waals surface area contributed by atoms with Gasteiger partial charge in [0.15, 0.2) is 5.72 Å². The molecule has 1 heterocycles. The van der Waals surface area contributed by atoms with Gasteiger partial charge in [-0.2, -0.15) is 0 Å². The number of rotatable bonds is 3. The first-order chi connectivity index (χ1) is 5.92. The molecule has 5 heteroatoms. The van der Waals surface area contributed by atoms with E-state index in [0.29, 0.717) is 12.8 Å². The van der Waals surface area contributed by atoms with E-state index in [1.807, 2.05) is 0 Å². The van der Waals surface area contributed by atoms with Crippen LogP contribution >= 0.6 is 0 Å². The van der Waals surface area contributed by atoms with Crippen LogP contribution in [-0.4, -0.2) is 28.7 Å². The maximum Gasteiger partial charge on any atom is 0.317 e. The molecule has 5 nitrogen and oxygen atoms in total. The lowest BCUT2D eigenvalue weighted by Crippen LogP contribution is -2.46. The van der Waals surface area contributed by atoms with Crippen molar-refractivity contribution in [2.24, 2.45) is 0 Å². The minimum atomic E-state index is -1.24. The van der Waals surface area contributed by atoms with E-state index < -0.39 is 11.8 Å². The molecule has 2 amide bonds. The molecule has 0 aromatic rings. The van der Waals surface area contributed by atoms with E-state index in [0.717, 1.165) is 0 Å². The van der Waals surface area contributed by atoms with Crippen LogP contribution < -0.4 is 10.6 Å². The monoisotopic (exact) mass is 186 g/mol. The highest BCUT2D eigenvalue weighted by Crippen LogP contribution is 2.16. The highest BCUT2D eigenvalue weighted by atomic mass is 16.3. The number of aliphatic hydroxyl groups is 1. The molecule has 1 aliphatic rings. The van der Waals surface area contributed by atoms with Crippen LogP contribution in [0.3, 0.4) is 0 Å². The summed E-state index contributed by atoms with van der Waals surface area (Å²) in [6.45, 7) is 2.99. The Morgan fingerprint density at radius 2 is 2.31 bits per heavy atom. The summed E-state index contributed by atoms with van der Waals surface area (Å²) >= 11 is 0. The molecule has 0 aromatic heterocycles. The van der Waals surface area contributed by atoms with Crippen molar-refractivity contribution in [2.75, 3.05) is 0 Å². The maximum atomic E-state index is 10.8. The van der Waals surface area contributed by atoms with Crippen LogP contribution in [0, 0.1) is 0 Å². The van der Waals surface area contributed by atoms with Crippen molar-refractivity contribution in [3.8, 4) is 0 Å². The summed E-state index contributed by atoms with van der Waals surface area (Å²) in [5, 5.41) is 14.5. The lowest BCUT2D eigenvalue weighted by molar-refractivity contribution is -0.117. The van der Waals surface area contributed by atoms with Crippen molar-refractivity contribution in [3.05, 3.63) is 0 Å². The Balaban J connectivity index is 2.50. The Morgan fingerprint density at radius 1 is 1.69 bits per heavy atom. The molecule has 0 aliphatic carbocycles. The molecular weight excluding hydrogens is 172 g/mol. The summed E-state index contributed by atoms with van der Waals surface area (Å²) in [7, 11) is 0. The molecule has 2 unspecified atom stereocenters. The second-order valence-electron chi connectivity index (χ2n) is 3.54. The Morgan fingerprint density at radius 3 is 2.69 bits per heavy atom. The van der Waals surface area contributed by atoms with E-state index in [1.54, 1.807) is 0 Å². The van der Waals surface area contributed by atoms with Gasteiger partial charge >= 0.3 is 6.03 Å². The smallest absolute Gasteiger partial charge is 0.317 e. The quantitative estimate of drug-likeness (QED) is 0.568. The number of amides is 2. The summed E-state index contributed by atoms with van der Waals surface area (Å²) < 4.78 is 0. The average Bonchev–Trinajstić information content (AvgIpc) is 2.19. The summed E-state index contributed by atoms with van der Waals surface area (Å²) in [6.07, 6.45) is 0.823. The number of urea groups is 1. The number of ketones is 1. The first kappa shape index (κ1) is 9.98. The summed E-state index contributed by atoms with van der Waals surface area (Å²) in [5.74, 6) is 0.0527. The largest absolute Gasteiger partial charge is 0.369 e. The molecule has 3 N–H and O–H groups in total. The van der Waals surface area contributed by atoms with Crippen LogP contribution in [0.4, 0.5) is 4.79 Å². The summed E-state index contributed by atoms with van der Waals surface area (Å²) in [4.78, 5) is 21.5. The van der Waals surface area contributed by atoms with Gasteiger partial charge in [-0.15, -0.1) is 0 Å². The molecule has 1 saturated heterocycles. The molecule has 1 fully saturated rings. The highest BCUT2D eigenvalue weighted by molar-refractivity contribution is 5.78. The van der Waals surface area contributed by atoms with Gasteiger partial charge in [0, 0.05) is 6.42 Å². The molecule has 0 saturated carbocycles. The predicted octanol–water partition coefficient (Wildman–Crippen LogP) is -0.254.